The third kappa shape index (κ3) is 3.02. The number of hydrogen-bond donors (Lipinski definition) is 0. The van der Waals surface area contributed by atoms with E-state index in [1.165, 1.54) is 25.3 Å². The molecule has 3 amide bonds. The number of amides is 3. The van der Waals surface area contributed by atoms with Crippen LogP contribution in [0, 0.1) is 11.7 Å². The van der Waals surface area contributed by atoms with Gasteiger partial charge in [0.05, 0.1) is 18.6 Å². The molecule has 1 aromatic carbocycles. The van der Waals surface area contributed by atoms with E-state index in [-0.39, 0.29) is 49.4 Å². The average molecular weight is 388 g/mol. The second-order valence-electron chi connectivity index (χ2n) is 8.14. The monoisotopic (exact) mass is 388 g/mol. The Balaban J connectivity index is 1.67. The van der Waals surface area contributed by atoms with Crippen LogP contribution >= 0.6 is 0 Å². The maximum absolute atomic E-state index is 14.7. The van der Waals surface area contributed by atoms with Crippen molar-refractivity contribution in [1.82, 2.24) is 9.80 Å². The molecule has 2 bridgehead atoms. The first-order valence-corrected chi connectivity index (χ1v) is 9.84. The average Bonchev–Trinajstić information content (AvgIpc) is 3.36. The predicted molar refractivity (Wildman–Crippen MR) is 98.8 cm³/mol. The molecular formula is C21H25FN2O4. The molecule has 0 N–H and O–H groups in total. The highest BCUT2D eigenvalue weighted by Crippen LogP contribution is 2.43. The Labute approximate surface area is 163 Å². The number of rotatable bonds is 6. The predicted octanol–water partition coefficient (Wildman–Crippen LogP) is 1.87. The summed E-state index contributed by atoms with van der Waals surface area (Å²) in [6.07, 6.45) is 2.76. The summed E-state index contributed by atoms with van der Waals surface area (Å²) in [6, 6.07) is 6.18. The molecule has 7 heteroatoms. The lowest BCUT2D eigenvalue weighted by molar-refractivity contribution is -0.143. The van der Waals surface area contributed by atoms with Crippen LogP contribution in [0.4, 0.5) is 4.39 Å². The standard InChI is InChI=1S/C21H25FN2O4/c1-28-9-8-23-18(25)11-21(20(23)27,16-4-2-3-5-17(16)22)12-19(26)24-13-14-6-7-15(24)10-14/h2-5,14-15H,6-13H2,1H3. The molecule has 150 valence electrons. The van der Waals surface area contributed by atoms with E-state index in [9.17, 15) is 18.8 Å². The normalized spacial score (nSPS) is 29.2. The summed E-state index contributed by atoms with van der Waals surface area (Å²) >= 11 is 0. The number of piperidine rings is 1. The van der Waals surface area contributed by atoms with Gasteiger partial charge in [0.1, 0.15) is 5.82 Å². The van der Waals surface area contributed by atoms with E-state index in [4.69, 9.17) is 4.74 Å². The zero-order valence-electron chi connectivity index (χ0n) is 16.0. The molecule has 4 rings (SSSR count). The van der Waals surface area contributed by atoms with Gasteiger partial charge in [0.25, 0.3) is 0 Å². The van der Waals surface area contributed by atoms with Gasteiger partial charge in [0.15, 0.2) is 0 Å². The van der Waals surface area contributed by atoms with Gasteiger partial charge in [0.2, 0.25) is 17.7 Å². The highest BCUT2D eigenvalue weighted by atomic mass is 19.1. The molecule has 3 aliphatic rings. The summed E-state index contributed by atoms with van der Waals surface area (Å²) in [5.41, 5.74) is -1.35. The Kier molecular flexibility index (Phi) is 4.95. The lowest BCUT2D eigenvalue weighted by Gasteiger charge is -2.32. The first-order chi connectivity index (χ1) is 13.5. The van der Waals surface area contributed by atoms with E-state index in [2.05, 4.69) is 0 Å². The lowest BCUT2D eigenvalue weighted by Crippen LogP contribution is -2.46. The fraction of sp³-hybridized carbons (Fsp3) is 0.571. The number of carbonyl (C=O) groups is 3. The summed E-state index contributed by atoms with van der Waals surface area (Å²) in [5.74, 6) is -1.09. The van der Waals surface area contributed by atoms with Crippen molar-refractivity contribution in [3.63, 3.8) is 0 Å². The minimum Gasteiger partial charge on any atom is -0.383 e. The van der Waals surface area contributed by atoms with Gasteiger partial charge in [-0.25, -0.2) is 4.39 Å². The van der Waals surface area contributed by atoms with Crippen LogP contribution in [0.2, 0.25) is 0 Å². The third-order valence-corrected chi connectivity index (χ3v) is 6.50. The molecule has 0 spiro atoms. The Morgan fingerprint density at radius 3 is 2.71 bits per heavy atom. The molecule has 1 saturated carbocycles. The number of fused-ring (bicyclic) bond motifs is 2. The van der Waals surface area contributed by atoms with E-state index in [0.29, 0.717) is 12.5 Å². The van der Waals surface area contributed by atoms with Crippen molar-refractivity contribution in [3.8, 4) is 0 Å². The smallest absolute Gasteiger partial charge is 0.241 e. The van der Waals surface area contributed by atoms with E-state index < -0.39 is 17.1 Å². The van der Waals surface area contributed by atoms with E-state index in [1.54, 1.807) is 6.07 Å². The van der Waals surface area contributed by atoms with Crippen molar-refractivity contribution in [2.24, 2.45) is 5.92 Å². The SMILES string of the molecule is COCCN1C(=O)CC(CC(=O)N2CC3CCC2C3)(c2ccccc2F)C1=O. The van der Waals surface area contributed by atoms with Crippen molar-refractivity contribution >= 4 is 17.7 Å². The van der Waals surface area contributed by atoms with Gasteiger partial charge in [-0.05, 0) is 31.2 Å². The fourth-order valence-corrected chi connectivity index (χ4v) is 5.09. The van der Waals surface area contributed by atoms with Crippen LogP contribution in [0.3, 0.4) is 0 Å². The lowest BCUT2D eigenvalue weighted by atomic mass is 9.75. The van der Waals surface area contributed by atoms with Gasteiger partial charge >= 0.3 is 0 Å². The molecule has 2 saturated heterocycles. The van der Waals surface area contributed by atoms with E-state index >= 15 is 0 Å². The number of halogens is 1. The number of benzene rings is 1. The Morgan fingerprint density at radius 2 is 2.07 bits per heavy atom. The summed E-state index contributed by atoms with van der Waals surface area (Å²) in [5, 5.41) is 0. The van der Waals surface area contributed by atoms with Gasteiger partial charge in [-0.2, -0.15) is 0 Å². The van der Waals surface area contributed by atoms with Gasteiger partial charge in [-0.15, -0.1) is 0 Å². The number of nitrogens with zero attached hydrogens (tertiary/aromatic N) is 2. The van der Waals surface area contributed by atoms with Crippen LogP contribution in [0.5, 0.6) is 0 Å². The molecule has 2 aliphatic heterocycles. The van der Waals surface area contributed by atoms with Gasteiger partial charge in [-0.1, -0.05) is 18.2 Å². The number of imide groups is 1. The van der Waals surface area contributed by atoms with Crippen LogP contribution in [-0.2, 0) is 24.5 Å². The highest BCUT2D eigenvalue weighted by molar-refractivity contribution is 6.10. The molecule has 3 fully saturated rings. The topological polar surface area (TPSA) is 66.9 Å². The summed E-state index contributed by atoms with van der Waals surface area (Å²) in [4.78, 5) is 42.0. The van der Waals surface area contributed by atoms with Crippen LogP contribution in [0.15, 0.2) is 24.3 Å². The van der Waals surface area contributed by atoms with Gasteiger partial charge in [0, 0.05) is 38.1 Å². The fourth-order valence-electron chi connectivity index (χ4n) is 5.09. The third-order valence-electron chi connectivity index (χ3n) is 6.50. The minimum absolute atomic E-state index is 0.104. The van der Waals surface area contributed by atoms with E-state index in [1.807, 2.05) is 4.90 Å². The molecule has 28 heavy (non-hydrogen) atoms. The maximum Gasteiger partial charge on any atom is 0.241 e. The van der Waals surface area contributed by atoms with Gasteiger partial charge in [-0.3, -0.25) is 19.3 Å². The largest absolute Gasteiger partial charge is 0.383 e. The molecule has 0 aromatic heterocycles. The molecular weight excluding hydrogens is 363 g/mol. The Bertz CT molecular complexity index is 813. The summed E-state index contributed by atoms with van der Waals surface area (Å²) < 4.78 is 19.7. The highest BCUT2D eigenvalue weighted by Gasteiger charge is 2.55. The zero-order valence-corrected chi connectivity index (χ0v) is 16.0. The first-order valence-electron chi connectivity index (χ1n) is 9.84. The van der Waals surface area contributed by atoms with Crippen LogP contribution in [-0.4, -0.2) is 60.4 Å². The zero-order chi connectivity index (χ0) is 19.9. The van der Waals surface area contributed by atoms with Crippen LogP contribution in [0.1, 0.15) is 37.7 Å². The van der Waals surface area contributed by atoms with Crippen molar-refractivity contribution < 1.29 is 23.5 Å². The molecule has 2 heterocycles. The molecule has 1 aromatic rings. The second-order valence-corrected chi connectivity index (χ2v) is 8.14. The van der Waals surface area contributed by atoms with E-state index in [0.717, 1.165) is 24.2 Å². The van der Waals surface area contributed by atoms with Crippen LogP contribution < -0.4 is 0 Å². The maximum atomic E-state index is 14.7. The van der Waals surface area contributed by atoms with Gasteiger partial charge < -0.3 is 9.64 Å². The summed E-state index contributed by atoms with van der Waals surface area (Å²) in [6.45, 7) is 1.01. The first kappa shape index (κ1) is 19.1. The minimum atomic E-state index is -1.48. The van der Waals surface area contributed by atoms with Crippen molar-refractivity contribution in [2.75, 3.05) is 26.8 Å². The van der Waals surface area contributed by atoms with Crippen LogP contribution in [0.25, 0.3) is 0 Å². The molecule has 3 atom stereocenters. The number of hydrogen-bond acceptors (Lipinski definition) is 4. The van der Waals surface area contributed by atoms with Crippen molar-refractivity contribution in [1.29, 1.82) is 0 Å². The Morgan fingerprint density at radius 1 is 1.29 bits per heavy atom. The summed E-state index contributed by atoms with van der Waals surface area (Å²) in [7, 11) is 1.49. The number of likely N-dealkylation sites (tertiary alicyclic amines) is 2. The van der Waals surface area contributed by atoms with Crippen molar-refractivity contribution in [3.05, 3.63) is 35.6 Å². The quantitative estimate of drug-likeness (QED) is 0.698. The number of ether oxygens (including phenoxy) is 1. The second kappa shape index (κ2) is 7.28. The molecule has 1 aliphatic carbocycles. The molecule has 0 radical (unpaired) electrons. The number of methoxy groups -OCH3 is 1. The Hall–Kier alpha value is -2.28. The molecule has 6 nitrogen and oxygen atoms in total. The van der Waals surface area contributed by atoms with Crippen molar-refractivity contribution in [2.45, 2.75) is 43.6 Å². The molecule has 3 unspecified atom stereocenters. The number of carbonyl (C=O) groups excluding carboxylic acids is 3.